The zero-order valence-corrected chi connectivity index (χ0v) is 6.36. The van der Waals surface area contributed by atoms with Gasteiger partial charge in [0.1, 0.15) is 0 Å². The molecule has 0 bridgehead atoms. The zero-order valence-electron chi connectivity index (χ0n) is 6.36. The minimum atomic E-state index is -0.633. The minimum absolute atomic E-state index is 0.0986. The van der Waals surface area contributed by atoms with Crippen molar-refractivity contribution in [1.82, 2.24) is 0 Å². The van der Waals surface area contributed by atoms with E-state index in [9.17, 15) is 4.79 Å². The predicted octanol–water partition coefficient (Wildman–Crippen LogP) is 0.444. The van der Waals surface area contributed by atoms with Crippen molar-refractivity contribution in [3.8, 4) is 0 Å². The molecule has 3 nitrogen and oxygen atoms in total. The first kappa shape index (κ1) is 7.10. The van der Waals surface area contributed by atoms with Gasteiger partial charge in [-0.2, -0.15) is 0 Å². The van der Waals surface area contributed by atoms with Gasteiger partial charge in [-0.1, -0.05) is 0 Å². The van der Waals surface area contributed by atoms with Crippen LogP contribution in [0, 0.1) is 17.8 Å². The topological polar surface area (TPSA) is 63.3 Å². The van der Waals surface area contributed by atoms with Crippen LogP contribution in [0.15, 0.2) is 0 Å². The number of carboxylic acids is 1. The minimum Gasteiger partial charge on any atom is -0.481 e. The Morgan fingerprint density at radius 3 is 2.55 bits per heavy atom. The van der Waals surface area contributed by atoms with E-state index in [1.807, 2.05) is 0 Å². The highest BCUT2D eigenvalue weighted by Gasteiger charge is 2.47. The zero-order chi connectivity index (χ0) is 8.01. The lowest BCUT2D eigenvalue weighted by Gasteiger charge is -2.37. The molecule has 2 aliphatic rings. The van der Waals surface area contributed by atoms with Gasteiger partial charge < -0.3 is 10.8 Å². The molecule has 0 aromatic rings. The van der Waals surface area contributed by atoms with Crippen LogP contribution in [0.3, 0.4) is 0 Å². The molecule has 0 aliphatic heterocycles. The van der Waals surface area contributed by atoms with Gasteiger partial charge in [0.05, 0.1) is 5.92 Å². The standard InChI is InChI=1S/C8H13NO2/c9-7-3-4-1-5(8(10)11)2-6(4)7/h4-7H,1-3,9H2,(H,10,11)/t4-,5?,6-,7-/m1/s1. The van der Waals surface area contributed by atoms with Crippen LogP contribution in [-0.4, -0.2) is 17.1 Å². The van der Waals surface area contributed by atoms with Crippen LogP contribution in [0.5, 0.6) is 0 Å². The molecule has 4 atom stereocenters. The molecular weight excluding hydrogens is 142 g/mol. The molecule has 0 spiro atoms. The fourth-order valence-electron chi connectivity index (χ4n) is 2.48. The lowest BCUT2D eigenvalue weighted by molar-refractivity contribution is -0.141. The molecule has 11 heavy (non-hydrogen) atoms. The third kappa shape index (κ3) is 0.948. The lowest BCUT2D eigenvalue weighted by atomic mass is 9.72. The summed E-state index contributed by atoms with van der Waals surface area (Å²) in [5.74, 6) is 0.423. The van der Waals surface area contributed by atoms with Gasteiger partial charge in [0.2, 0.25) is 0 Å². The van der Waals surface area contributed by atoms with Crippen LogP contribution in [-0.2, 0) is 4.79 Å². The average Bonchev–Trinajstić information content (AvgIpc) is 2.26. The molecule has 2 saturated carbocycles. The van der Waals surface area contributed by atoms with Gasteiger partial charge in [-0.25, -0.2) is 0 Å². The molecule has 2 aliphatic carbocycles. The van der Waals surface area contributed by atoms with Crippen molar-refractivity contribution >= 4 is 5.97 Å². The number of carbonyl (C=O) groups is 1. The molecule has 0 amide bonds. The van der Waals surface area contributed by atoms with Crippen LogP contribution in [0.2, 0.25) is 0 Å². The van der Waals surface area contributed by atoms with Crippen LogP contribution < -0.4 is 5.73 Å². The van der Waals surface area contributed by atoms with Gasteiger partial charge in [0.15, 0.2) is 0 Å². The Bertz CT molecular complexity index is 193. The first-order chi connectivity index (χ1) is 5.18. The lowest BCUT2D eigenvalue weighted by Crippen LogP contribution is -2.44. The van der Waals surface area contributed by atoms with E-state index in [1.54, 1.807) is 0 Å². The van der Waals surface area contributed by atoms with Crippen LogP contribution in [0.25, 0.3) is 0 Å². The molecule has 3 heteroatoms. The second-order valence-corrected chi connectivity index (χ2v) is 3.83. The second-order valence-electron chi connectivity index (χ2n) is 3.83. The molecule has 2 rings (SSSR count). The van der Waals surface area contributed by atoms with Crippen molar-refractivity contribution in [1.29, 1.82) is 0 Å². The number of hydrogen-bond donors (Lipinski definition) is 2. The van der Waals surface area contributed by atoms with E-state index in [4.69, 9.17) is 10.8 Å². The van der Waals surface area contributed by atoms with Crippen molar-refractivity contribution in [3.05, 3.63) is 0 Å². The van der Waals surface area contributed by atoms with E-state index >= 15 is 0 Å². The van der Waals surface area contributed by atoms with Crippen molar-refractivity contribution in [2.75, 3.05) is 0 Å². The SMILES string of the molecule is N[C@@H]1C[C@H]2CC(C(=O)O)C[C@H]21. The Hall–Kier alpha value is -0.570. The maximum absolute atomic E-state index is 10.6. The molecule has 0 heterocycles. The van der Waals surface area contributed by atoms with E-state index in [-0.39, 0.29) is 5.92 Å². The van der Waals surface area contributed by atoms with Gasteiger partial charge >= 0.3 is 5.97 Å². The normalized spacial score (nSPS) is 48.1. The van der Waals surface area contributed by atoms with Crippen LogP contribution in [0.4, 0.5) is 0 Å². The summed E-state index contributed by atoms with van der Waals surface area (Å²) in [6.45, 7) is 0. The average molecular weight is 155 g/mol. The fraction of sp³-hybridized carbons (Fsp3) is 0.875. The summed E-state index contributed by atoms with van der Waals surface area (Å²) in [6.07, 6.45) is 2.74. The number of fused-ring (bicyclic) bond motifs is 1. The van der Waals surface area contributed by atoms with E-state index in [0.29, 0.717) is 17.9 Å². The van der Waals surface area contributed by atoms with Crippen molar-refractivity contribution in [2.24, 2.45) is 23.5 Å². The summed E-state index contributed by atoms with van der Waals surface area (Å²) < 4.78 is 0. The highest BCUT2D eigenvalue weighted by Crippen LogP contribution is 2.48. The number of aliphatic carboxylic acids is 1. The van der Waals surface area contributed by atoms with Gasteiger partial charge in [-0.05, 0) is 31.1 Å². The number of carboxylic acid groups (broad SMARTS) is 1. The Morgan fingerprint density at radius 1 is 1.36 bits per heavy atom. The summed E-state index contributed by atoms with van der Waals surface area (Å²) >= 11 is 0. The maximum atomic E-state index is 10.6. The number of nitrogens with two attached hydrogens (primary N) is 1. The molecule has 2 fully saturated rings. The Labute approximate surface area is 65.6 Å². The summed E-state index contributed by atoms with van der Waals surface area (Å²) in [6, 6.07) is 0.296. The van der Waals surface area contributed by atoms with E-state index in [2.05, 4.69) is 0 Å². The predicted molar refractivity (Wildman–Crippen MR) is 39.9 cm³/mol. The Morgan fingerprint density at radius 2 is 2.09 bits per heavy atom. The maximum Gasteiger partial charge on any atom is 0.306 e. The third-order valence-electron chi connectivity index (χ3n) is 3.22. The first-order valence-electron chi connectivity index (χ1n) is 4.17. The number of hydrogen-bond acceptors (Lipinski definition) is 2. The van der Waals surface area contributed by atoms with Crippen LogP contribution in [0.1, 0.15) is 19.3 Å². The fourth-order valence-corrected chi connectivity index (χ4v) is 2.48. The van der Waals surface area contributed by atoms with Gasteiger partial charge in [0.25, 0.3) is 0 Å². The van der Waals surface area contributed by atoms with E-state index in [1.165, 1.54) is 0 Å². The largest absolute Gasteiger partial charge is 0.481 e. The second kappa shape index (κ2) is 2.21. The molecule has 62 valence electrons. The summed E-state index contributed by atoms with van der Waals surface area (Å²) in [5.41, 5.74) is 5.73. The molecule has 3 N–H and O–H groups in total. The molecule has 0 radical (unpaired) electrons. The smallest absolute Gasteiger partial charge is 0.306 e. The summed E-state index contributed by atoms with van der Waals surface area (Å²) in [4.78, 5) is 10.6. The third-order valence-corrected chi connectivity index (χ3v) is 3.22. The highest BCUT2D eigenvalue weighted by molar-refractivity contribution is 5.70. The molecule has 0 aromatic carbocycles. The molecule has 1 unspecified atom stereocenters. The molecule has 0 saturated heterocycles. The molecule has 0 aromatic heterocycles. The van der Waals surface area contributed by atoms with Gasteiger partial charge in [0, 0.05) is 6.04 Å². The quantitative estimate of drug-likeness (QED) is 0.577. The monoisotopic (exact) mass is 155 g/mol. The number of rotatable bonds is 1. The van der Waals surface area contributed by atoms with Crippen molar-refractivity contribution in [3.63, 3.8) is 0 Å². The van der Waals surface area contributed by atoms with Gasteiger partial charge in [-0.15, -0.1) is 0 Å². The highest BCUT2D eigenvalue weighted by atomic mass is 16.4. The van der Waals surface area contributed by atoms with Crippen molar-refractivity contribution < 1.29 is 9.90 Å². The Balaban J connectivity index is 1.98. The Kier molecular flexibility index (Phi) is 1.42. The summed E-state index contributed by atoms with van der Waals surface area (Å²) in [5, 5.41) is 8.72. The van der Waals surface area contributed by atoms with Crippen molar-refractivity contribution in [2.45, 2.75) is 25.3 Å². The van der Waals surface area contributed by atoms with Crippen LogP contribution >= 0.6 is 0 Å². The van der Waals surface area contributed by atoms with Gasteiger partial charge in [-0.3, -0.25) is 4.79 Å². The summed E-state index contributed by atoms with van der Waals surface area (Å²) in [7, 11) is 0. The first-order valence-corrected chi connectivity index (χ1v) is 4.17. The van der Waals surface area contributed by atoms with E-state index in [0.717, 1.165) is 19.3 Å². The molecular formula is C8H13NO2. The van der Waals surface area contributed by atoms with E-state index < -0.39 is 5.97 Å².